The van der Waals surface area contributed by atoms with Gasteiger partial charge in [0.25, 0.3) is 0 Å². The number of hydrogen-bond donors (Lipinski definition) is 0. The van der Waals surface area contributed by atoms with Crippen LogP contribution in [0.5, 0.6) is 0 Å². The summed E-state index contributed by atoms with van der Waals surface area (Å²) in [6.45, 7) is 0. The van der Waals surface area contributed by atoms with Gasteiger partial charge in [-0.25, -0.2) is 0 Å². The Balaban J connectivity index is 1.33. The Kier molecular flexibility index (Phi) is 5.76. The Morgan fingerprint density at radius 2 is 0.660 bits per heavy atom. The summed E-state index contributed by atoms with van der Waals surface area (Å²) in [6.07, 6.45) is 0. The highest BCUT2D eigenvalue weighted by molar-refractivity contribution is 6.30. The molecule has 11 aromatic rings. The van der Waals surface area contributed by atoms with Gasteiger partial charge in [-0.2, -0.15) is 0 Å². The fraction of sp³-hybridized carbons (Fsp3) is 0. The van der Waals surface area contributed by atoms with Gasteiger partial charge in [0.1, 0.15) is 0 Å². The van der Waals surface area contributed by atoms with Gasteiger partial charge in [-0.3, -0.25) is 0 Å². The van der Waals surface area contributed by atoms with E-state index >= 15 is 0 Å². The SMILES string of the molecule is c1ccc2c(-c3ccc4c(-c5cccc6ccccc56)c5ccccc5c(-c5ccc6ccc7cccc8ccc5c6c78)c4c3)cccc2c1. The lowest BCUT2D eigenvalue weighted by molar-refractivity contribution is 1.67. The molecule has 50 heavy (non-hydrogen) atoms. The fourth-order valence-electron chi connectivity index (χ4n) is 8.80. The van der Waals surface area contributed by atoms with Crippen molar-refractivity contribution in [1.82, 2.24) is 0 Å². The topological polar surface area (TPSA) is 0 Å². The van der Waals surface area contributed by atoms with Crippen LogP contribution < -0.4 is 0 Å². The van der Waals surface area contributed by atoms with Gasteiger partial charge in [0, 0.05) is 0 Å². The Morgan fingerprint density at radius 1 is 0.220 bits per heavy atom. The molecular weight excluding hydrogens is 601 g/mol. The van der Waals surface area contributed by atoms with Crippen LogP contribution in [-0.2, 0) is 0 Å². The van der Waals surface area contributed by atoms with E-state index in [1.54, 1.807) is 0 Å². The van der Waals surface area contributed by atoms with E-state index in [4.69, 9.17) is 0 Å². The lowest BCUT2D eigenvalue weighted by Gasteiger charge is -2.21. The van der Waals surface area contributed by atoms with Crippen molar-refractivity contribution in [3.05, 3.63) is 182 Å². The van der Waals surface area contributed by atoms with E-state index < -0.39 is 0 Å². The average molecular weight is 631 g/mol. The molecular formula is C50H30. The van der Waals surface area contributed by atoms with Gasteiger partial charge < -0.3 is 0 Å². The molecule has 0 N–H and O–H groups in total. The first-order valence-corrected chi connectivity index (χ1v) is 17.4. The first-order valence-electron chi connectivity index (χ1n) is 17.4. The zero-order valence-corrected chi connectivity index (χ0v) is 27.3. The van der Waals surface area contributed by atoms with Crippen molar-refractivity contribution in [3.8, 4) is 33.4 Å². The zero-order valence-electron chi connectivity index (χ0n) is 27.3. The molecule has 0 aliphatic carbocycles. The first-order chi connectivity index (χ1) is 24.8. The summed E-state index contributed by atoms with van der Waals surface area (Å²) in [5, 5.41) is 18.0. The predicted molar refractivity (Wildman–Crippen MR) is 216 cm³/mol. The van der Waals surface area contributed by atoms with Crippen LogP contribution in [0.1, 0.15) is 0 Å². The quantitative estimate of drug-likeness (QED) is 0.135. The molecule has 11 aromatic carbocycles. The van der Waals surface area contributed by atoms with E-state index in [9.17, 15) is 0 Å². The van der Waals surface area contributed by atoms with Gasteiger partial charge >= 0.3 is 0 Å². The normalized spacial score (nSPS) is 12.0. The number of benzene rings is 11. The van der Waals surface area contributed by atoms with E-state index in [2.05, 4.69) is 182 Å². The third-order valence-electron chi connectivity index (χ3n) is 11.0. The molecule has 0 spiro atoms. The van der Waals surface area contributed by atoms with Crippen LogP contribution in [-0.4, -0.2) is 0 Å². The van der Waals surface area contributed by atoms with E-state index in [1.807, 2.05) is 0 Å². The molecule has 0 bridgehead atoms. The summed E-state index contributed by atoms with van der Waals surface area (Å²) in [7, 11) is 0. The van der Waals surface area contributed by atoms with Crippen molar-refractivity contribution in [2.45, 2.75) is 0 Å². The second-order valence-corrected chi connectivity index (χ2v) is 13.6. The van der Waals surface area contributed by atoms with Gasteiger partial charge in [-0.1, -0.05) is 176 Å². The minimum atomic E-state index is 1.23. The Bertz CT molecular complexity index is 3120. The minimum absolute atomic E-state index is 1.23. The van der Waals surface area contributed by atoms with Crippen molar-refractivity contribution in [2.75, 3.05) is 0 Å². The molecule has 0 aliphatic rings. The van der Waals surface area contributed by atoms with Crippen LogP contribution in [0, 0.1) is 0 Å². The highest BCUT2D eigenvalue weighted by Gasteiger charge is 2.21. The van der Waals surface area contributed by atoms with Crippen molar-refractivity contribution in [1.29, 1.82) is 0 Å². The molecule has 0 saturated heterocycles. The maximum absolute atomic E-state index is 2.46. The van der Waals surface area contributed by atoms with Gasteiger partial charge in [0.2, 0.25) is 0 Å². The molecule has 0 atom stereocenters. The Morgan fingerprint density at radius 3 is 1.38 bits per heavy atom. The molecule has 0 radical (unpaired) electrons. The standard InChI is InChI=1S/C50H30/c1-3-16-37-31(10-1)12-8-20-39(37)36-26-29-45-46(30-36)50(44-28-25-35-23-22-33-14-7-15-34-24-27-43(44)48(35)47(33)34)42-19-6-5-18-41(42)49(45)40-21-9-13-32-11-2-4-17-38(32)40/h1-30H. The van der Waals surface area contributed by atoms with Gasteiger partial charge in [0.15, 0.2) is 0 Å². The molecule has 0 heteroatoms. The van der Waals surface area contributed by atoms with Crippen molar-refractivity contribution >= 4 is 75.4 Å². The summed E-state index contributed by atoms with van der Waals surface area (Å²) in [6, 6.07) is 67.7. The van der Waals surface area contributed by atoms with E-state index in [0.29, 0.717) is 0 Å². The molecule has 11 rings (SSSR count). The van der Waals surface area contributed by atoms with Crippen molar-refractivity contribution < 1.29 is 0 Å². The molecule has 0 aromatic heterocycles. The second kappa shape index (κ2) is 10.5. The third-order valence-corrected chi connectivity index (χ3v) is 11.0. The molecule has 0 nitrogen and oxygen atoms in total. The summed E-state index contributed by atoms with van der Waals surface area (Å²) in [5.41, 5.74) is 7.61. The largest absolute Gasteiger partial charge is 0.0616 e. The predicted octanol–water partition coefficient (Wildman–Crippen LogP) is 14.2. The molecule has 230 valence electrons. The first kappa shape index (κ1) is 27.5. The average Bonchev–Trinajstić information content (AvgIpc) is 3.18. The highest BCUT2D eigenvalue weighted by atomic mass is 14.2. The van der Waals surface area contributed by atoms with Gasteiger partial charge in [-0.05, 0) is 115 Å². The summed E-state index contributed by atoms with van der Waals surface area (Å²) < 4.78 is 0. The molecule has 0 amide bonds. The number of rotatable bonds is 3. The van der Waals surface area contributed by atoms with Crippen LogP contribution in [0.2, 0.25) is 0 Å². The van der Waals surface area contributed by atoms with Crippen LogP contribution >= 0.6 is 0 Å². The van der Waals surface area contributed by atoms with Crippen LogP contribution in [0.3, 0.4) is 0 Å². The zero-order chi connectivity index (χ0) is 32.8. The van der Waals surface area contributed by atoms with E-state index in [0.717, 1.165) is 0 Å². The number of fused-ring (bicyclic) bond motifs is 4. The van der Waals surface area contributed by atoms with Crippen LogP contribution in [0.25, 0.3) is 109 Å². The Labute approximate surface area is 289 Å². The lowest BCUT2D eigenvalue weighted by Crippen LogP contribution is -1.94. The fourth-order valence-corrected chi connectivity index (χ4v) is 8.80. The van der Waals surface area contributed by atoms with Gasteiger partial charge in [0.05, 0.1) is 0 Å². The monoisotopic (exact) mass is 630 g/mol. The second-order valence-electron chi connectivity index (χ2n) is 13.6. The molecule has 0 unspecified atom stereocenters. The Hall–Kier alpha value is -6.50. The molecule has 0 heterocycles. The van der Waals surface area contributed by atoms with Crippen molar-refractivity contribution in [3.63, 3.8) is 0 Å². The third kappa shape index (κ3) is 3.88. The summed E-state index contributed by atoms with van der Waals surface area (Å²) in [5.74, 6) is 0. The van der Waals surface area contributed by atoms with E-state index in [-0.39, 0.29) is 0 Å². The van der Waals surface area contributed by atoms with Crippen LogP contribution in [0.4, 0.5) is 0 Å². The number of hydrogen-bond acceptors (Lipinski definition) is 0. The summed E-state index contributed by atoms with van der Waals surface area (Å²) in [4.78, 5) is 0. The smallest absolute Gasteiger partial charge is 0.00199 e. The molecule has 0 saturated carbocycles. The van der Waals surface area contributed by atoms with Gasteiger partial charge in [-0.15, -0.1) is 0 Å². The van der Waals surface area contributed by atoms with Crippen LogP contribution in [0.15, 0.2) is 182 Å². The minimum Gasteiger partial charge on any atom is -0.0616 e. The lowest BCUT2D eigenvalue weighted by atomic mass is 9.82. The summed E-state index contributed by atoms with van der Waals surface area (Å²) >= 11 is 0. The molecule has 0 fully saturated rings. The maximum atomic E-state index is 2.46. The molecule has 0 aliphatic heterocycles. The van der Waals surface area contributed by atoms with Crippen molar-refractivity contribution in [2.24, 2.45) is 0 Å². The maximum Gasteiger partial charge on any atom is -0.00199 e. The van der Waals surface area contributed by atoms with E-state index in [1.165, 1.54) is 109 Å². The highest BCUT2D eigenvalue weighted by Crippen LogP contribution is 2.49.